The topological polar surface area (TPSA) is 113 Å². The Morgan fingerprint density at radius 1 is 0.860 bits per heavy atom. The number of ether oxygens (including phenoxy) is 5. The van der Waals surface area contributed by atoms with E-state index in [2.05, 4.69) is 6.07 Å². The molecule has 0 amide bonds. The number of benzene rings is 4. The van der Waals surface area contributed by atoms with E-state index < -0.39 is 11.9 Å². The van der Waals surface area contributed by atoms with Gasteiger partial charge in [0, 0.05) is 11.6 Å². The molecule has 0 saturated heterocycles. The number of rotatable bonds is 10. The van der Waals surface area contributed by atoms with Crippen LogP contribution in [0.15, 0.2) is 96.4 Å². The number of nitrogens with two attached hydrogens (primary N) is 1. The molecular formula is C35H32N2O6. The van der Waals surface area contributed by atoms with Crippen LogP contribution in [0.3, 0.4) is 0 Å². The fraction of sp³-hybridized carbons (Fsp3) is 0.200. The van der Waals surface area contributed by atoms with Crippen LogP contribution >= 0.6 is 0 Å². The van der Waals surface area contributed by atoms with Gasteiger partial charge in [0.05, 0.1) is 24.7 Å². The molecule has 0 bridgehead atoms. The first-order valence-electron chi connectivity index (χ1n) is 14.0. The molecule has 1 unspecified atom stereocenters. The van der Waals surface area contributed by atoms with Gasteiger partial charge < -0.3 is 29.4 Å². The minimum atomic E-state index is -0.532. The summed E-state index contributed by atoms with van der Waals surface area (Å²) in [6, 6.07) is 27.7. The first-order chi connectivity index (χ1) is 20.9. The zero-order valence-electron chi connectivity index (χ0n) is 24.3. The van der Waals surface area contributed by atoms with Crippen LogP contribution in [0, 0.1) is 18.3 Å². The smallest absolute Gasteiger partial charge is 0.343 e. The number of aryl methyl sites for hydroxylation is 1. The lowest BCUT2D eigenvalue weighted by atomic mass is 9.83. The molecule has 1 atom stereocenters. The summed E-state index contributed by atoms with van der Waals surface area (Å²) in [7, 11) is 0. The van der Waals surface area contributed by atoms with Crippen LogP contribution in [0.1, 0.15) is 52.4 Å². The highest BCUT2D eigenvalue weighted by atomic mass is 16.5. The first kappa shape index (κ1) is 29.1. The number of hydrogen-bond acceptors (Lipinski definition) is 8. The van der Waals surface area contributed by atoms with Crippen molar-refractivity contribution >= 4 is 5.97 Å². The van der Waals surface area contributed by atoms with Crippen LogP contribution in [0.25, 0.3) is 0 Å². The van der Waals surface area contributed by atoms with Gasteiger partial charge in [-0.15, -0.1) is 0 Å². The predicted octanol–water partition coefficient (Wildman–Crippen LogP) is 6.81. The van der Waals surface area contributed by atoms with Crippen molar-refractivity contribution < 1.29 is 28.5 Å². The molecule has 8 nitrogen and oxygen atoms in total. The largest absolute Gasteiger partial charge is 0.494 e. The Morgan fingerprint density at radius 2 is 1.58 bits per heavy atom. The van der Waals surface area contributed by atoms with Gasteiger partial charge in [0.1, 0.15) is 35.5 Å². The SMILES string of the molecule is CCOc1ccc(C(=O)Oc2ccc3c(c2)OC(N)=C(C#N)C3c2ccc(OCc3ccc(C)cc3)c(OCC)c2)cc1. The summed E-state index contributed by atoms with van der Waals surface area (Å²) in [6.07, 6.45) is 0. The van der Waals surface area contributed by atoms with Gasteiger partial charge in [0.2, 0.25) is 5.88 Å². The van der Waals surface area contributed by atoms with Crippen LogP contribution in [-0.2, 0) is 6.61 Å². The van der Waals surface area contributed by atoms with Crippen molar-refractivity contribution in [3.8, 4) is 34.8 Å². The van der Waals surface area contributed by atoms with Crippen molar-refractivity contribution in [1.82, 2.24) is 0 Å². The maximum atomic E-state index is 12.8. The Balaban J connectivity index is 1.41. The Kier molecular flexibility index (Phi) is 8.82. The van der Waals surface area contributed by atoms with E-state index in [1.165, 1.54) is 5.56 Å². The Bertz CT molecular complexity index is 1690. The van der Waals surface area contributed by atoms with Gasteiger partial charge >= 0.3 is 5.97 Å². The Morgan fingerprint density at radius 3 is 2.28 bits per heavy atom. The van der Waals surface area contributed by atoms with Crippen LogP contribution in [-0.4, -0.2) is 19.2 Å². The molecular weight excluding hydrogens is 544 g/mol. The lowest BCUT2D eigenvalue weighted by Crippen LogP contribution is -2.21. The number of carbonyl (C=O) groups excluding carboxylic acids is 1. The van der Waals surface area contributed by atoms with E-state index in [-0.39, 0.29) is 17.2 Å². The molecule has 0 radical (unpaired) electrons. The van der Waals surface area contributed by atoms with E-state index in [0.717, 1.165) is 11.1 Å². The number of allylic oxidation sites excluding steroid dienone is 1. The molecule has 1 aliphatic heterocycles. The van der Waals surface area contributed by atoms with Crippen LogP contribution in [0.2, 0.25) is 0 Å². The van der Waals surface area contributed by atoms with Crippen molar-refractivity contribution in [3.63, 3.8) is 0 Å². The highest BCUT2D eigenvalue weighted by molar-refractivity contribution is 5.91. The van der Waals surface area contributed by atoms with Gasteiger partial charge in [-0.2, -0.15) is 5.26 Å². The summed E-state index contributed by atoms with van der Waals surface area (Å²) in [5.41, 5.74) is 10.5. The van der Waals surface area contributed by atoms with Crippen molar-refractivity contribution in [1.29, 1.82) is 5.26 Å². The first-order valence-corrected chi connectivity index (χ1v) is 14.0. The summed E-state index contributed by atoms with van der Waals surface area (Å²) < 4.78 is 28.9. The standard InChI is InChI=1S/C35H32N2O6/c1-4-39-26-13-10-24(11-14-26)35(38)42-27-15-16-28-31(19-27)43-34(37)29(20-36)33(28)25-12-17-30(32(18-25)40-5-2)41-21-23-8-6-22(3)7-9-23/h6-19,33H,4-5,21,37H2,1-3H3. The van der Waals surface area contributed by atoms with Crippen molar-refractivity contribution in [2.75, 3.05) is 13.2 Å². The van der Waals surface area contributed by atoms with Crippen molar-refractivity contribution in [2.45, 2.75) is 33.3 Å². The molecule has 218 valence electrons. The molecule has 0 aromatic heterocycles. The molecule has 0 aliphatic carbocycles. The van der Waals surface area contributed by atoms with E-state index in [0.29, 0.717) is 53.9 Å². The number of esters is 1. The number of carbonyl (C=O) groups is 1. The normalized spacial score (nSPS) is 13.8. The number of hydrogen-bond donors (Lipinski definition) is 1. The maximum Gasteiger partial charge on any atom is 0.343 e. The monoisotopic (exact) mass is 576 g/mol. The third-order valence-corrected chi connectivity index (χ3v) is 6.92. The molecule has 1 aliphatic rings. The second kappa shape index (κ2) is 13.0. The van der Waals surface area contributed by atoms with E-state index in [9.17, 15) is 10.1 Å². The molecule has 0 spiro atoms. The minimum absolute atomic E-state index is 0.0207. The van der Waals surface area contributed by atoms with Crippen molar-refractivity contribution in [2.24, 2.45) is 5.73 Å². The molecule has 2 N–H and O–H groups in total. The zero-order chi connectivity index (χ0) is 30.3. The highest BCUT2D eigenvalue weighted by Crippen LogP contribution is 2.45. The summed E-state index contributed by atoms with van der Waals surface area (Å²) in [5, 5.41) is 10.0. The lowest BCUT2D eigenvalue weighted by molar-refractivity contribution is 0.0734. The van der Waals surface area contributed by atoms with Gasteiger partial charge in [0.25, 0.3) is 0 Å². The molecule has 8 heteroatoms. The fourth-order valence-electron chi connectivity index (χ4n) is 4.80. The molecule has 5 rings (SSSR count). The molecule has 1 heterocycles. The average molecular weight is 577 g/mol. The number of nitriles is 1. The fourth-order valence-corrected chi connectivity index (χ4v) is 4.80. The molecule has 43 heavy (non-hydrogen) atoms. The second-order valence-electron chi connectivity index (χ2n) is 9.88. The van der Waals surface area contributed by atoms with Gasteiger partial charge in [-0.25, -0.2) is 4.79 Å². The quantitative estimate of drug-likeness (QED) is 0.162. The molecule has 0 saturated carbocycles. The average Bonchev–Trinajstić information content (AvgIpc) is 3.01. The number of nitrogens with zero attached hydrogens (tertiary/aromatic N) is 1. The van der Waals surface area contributed by atoms with Gasteiger partial charge in [-0.3, -0.25) is 0 Å². The van der Waals surface area contributed by atoms with Crippen LogP contribution in [0.5, 0.6) is 28.7 Å². The van der Waals surface area contributed by atoms with Crippen LogP contribution in [0.4, 0.5) is 0 Å². The van der Waals surface area contributed by atoms with Gasteiger partial charge in [-0.05, 0) is 74.4 Å². The third kappa shape index (κ3) is 6.57. The summed E-state index contributed by atoms with van der Waals surface area (Å²) >= 11 is 0. The third-order valence-electron chi connectivity index (χ3n) is 6.92. The van der Waals surface area contributed by atoms with E-state index >= 15 is 0 Å². The van der Waals surface area contributed by atoms with E-state index in [1.807, 2.05) is 63.2 Å². The molecule has 4 aromatic rings. The van der Waals surface area contributed by atoms with E-state index in [1.54, 1.807) is 42.5 Å². The van der Waals surface area contributed by atoms with Gasteiger partial charge in [-0.1, -0.05) is 42.0 Å². The molecule has 4 aromatic carbocycles. The molecule has 0 fully saturated rings. The number of fused-ring (bicyclic) bond motifs is 1. The second-order valence-corrected chi connectivity index (χ2v) is 9.88. The van der Waals surface area contributed by atoms with Gasteiger partial charge in [0.15, 0.2) is 11.5 Å². The summed E-state index contributed by atoms with van der Waals surface area (Å²) in [6.45, 7) is 7.17. The summed E-state index contributed by atoms with van der Waals surface area (Å²) in [4.78, 5) is 12.8. The predicted molar refractivity (Wildman–Crippen MR) is 161 cm³/mol. The Labute approximate surface area is 250 Å². The van der Waals surface area contributed by atoms with Crippen LogP contribution < -0.4 is 29.4 Å². The van der Waals surface area contributed by atoms with E-state index in [4.69, 9.17) is 29.4 Å². The zero-order valence-corrected chi connectivity index (χ0v) is 24.3. The van der Waals surface area contributed by atoms with Crippen molar-refractivity contribution in [3.05, 3.63) is 124 Å². The summed E-state index contributed by atoms with van der Waals surface area (Å²) in [5.74, 6) is 1.39. The maximum absolute atomic E-state index is 12.8. The minimum Gasteiger partial charge on any atom is -0.494 e. The highest BCUT2D eigenvalue weighted by Gasteiger charge is 2.32. The Hall–Kier alpha value is -5.42. The lowest BCUT2D eigenvalue weighted by Gasteiger charge is -2.27.